The Morgan fingerprint density at radius 2 is 1.83 bits per heavy atom. The molecule has 1 atom stereocenters. The summed E-state index contributed by atoms with van der Waals surface area (Å²) in [6, 6.07) is 5.93. The molecule has 1 heterocycles. The third kappa shape index (κ3) is 3.71. The molecule has 1 aliphatic carbocycles. The molecule has 0 N–H and O–H groups in total. The van der Waals surface area contributed by atoms with Crippen LogP contribution in [-0.2, 0) is 14.6 Å². The standard InChI is InChI=1S/C17H22FNO4S/c18-15-8-4-3-7-14(15)16-9-10-19(11-12-24(16,21)22)17(20)23-13-5-1-2-6-13/h3-4,7-8,13,16H,1-2,5-6,9-12H2. The number of ether oxygens (including phenoxy) is 1. The van der Waals surface area contributed by atoms with E-state index in [1.165, 1.54) is 23.1 Å². The lowest BCUT2D eigenvalue weighted by Gasteiger charge is -2.22. The van der Waals surface area contributed by atoms with Gasteiger partial charge in [-0.2, -0.15) is 0 Å². The molecule has 1 aliphatic heterocycles. The summed E-state index contributed by atoms with van der Waals surface area (Å²) in [5.74, 6) is -0.695. The van der Waals surface area contributed by atoms with Gasteiger partial charge in [0, 0.05) is 18.7 Å². The van der Waals surface area contributed by atoms with E-state index >= 15 is 0 Å². The lowest BCUT2D eigenvalue weighted by molar-refractivity contribution is 0.0671. The van der Waals surface area contributed by atoms with Gasteiger partial charge in [0.15, 0.2) is 9.84 Å². The molecule has 0 spiro atoms. The van der Waals surface area contributed by atoms with Gasteiger partial charge in [0.1, 0.15) is 11.9 Å². The average Bonchev–Trinajstić information content (AvgIpc) is 2.98. The second kappa shape index (κ2) is 7.09. The molecule has 1 saturated carbocycles. The van der Waals surface area contributed by atoms with Crippen molar-refractivity contribution in [2.45, 2.75) is 43.5 Å². The molecule has 5 nitrogen and oxygen atoms in total. The Morgan fingerprint density at radius 3 is 2.54 bits per heavy atom. The molecule has 0 radical (unpaired) electrons. The van der Waals surface area contributed by atoms with E-state index in [0.717, 1.165) is 25.7 Å². The highest BCUT2D eigenvalue weighted by atomic mass is 32.2. The molecule has 1 amide bonds. The quantitative estimate of drug-likeness (QED) is 0.818. The number of rotatable bonds is 2. The summed E-state index contributed by atoms with van der Waals surface area (Å²) in [5, 5.41) is -0.914. The minimum atomic E-state index is -3.52. The van der Waals surface area contributed by atoms with Crippen LogP contribution < -0.4 is 0 Å². The Balaban J connectivity index is 1.72. The minimum Gasteiger partial charge on any atom is -0.446 e. The number of benzene rings is 1. The van der Waals surface area contributed by atoms with Crippen molar-refractivity contribution in [2.75, 3.05) is 18.8 Å². The van der Waals surface area contributed by atoms with E-state index < -0.39 is 27.0 Å². The van der Waals surface area contributed by atoms with Crippen LogP contribution in [0.3, 0.4) is 0 Å². The lowest BCUT2D eigenvalue weighted by Crippen LogP contribution is -2.35. The molecule has 3 rings (SSSR count). The monoisotopic (exact) mass is 355 g/mol. The first kappa shape index (κ1) is 17.2. The largest absolute Gasteiger partial charge is 0.446 e. The summed E-state index contributed by atoms with van der Waals surface area (Å²) in [6.45, 7) is 0.350. The van der Waals surface area contributed by atoms with Crippen molar-refractivity contribution >= 4 is 15.9 Å². The molecule has 2 aliphatic rings. The van der Waals surface area contributed by atoms with Gasteiger partial charge in [-0.25, -0.2) is 17.6 Å². The highest BCUT2D eigenvalue weighted by Crippen LogP contribution is 2.31. The fourth-order valence-electron chi connectivity index (χ4n) is 3.44. The van der Waals surface area contributed by atoms with Crippen LogP contribution in [0.1, 0.15) is 42.9 Å². The predicted molar refractivity (Wildman–Crippen MR) is 87.9 cm³/mol. The molecule has 1 saturated heterocycles. The van der Waals surface area contributed by atoms with Crippen molar-refractivity contribution in [3.8, 4) is 0 Å². The normalized spacial score (nSPS) is 24.5. The predicted octanol–water partition coefficient (Wildman–Crippen LogP) is 3.07. The maximum Gasteiger partial charge on any atom is 0.410 e. The van der Waals surface area contributed by atoms with E-state index in [1.54, 1.807) is 6.07 Å². The van der Waals surface area contributed by atoms with E-state index in [1.807, 2.05) is 0 Å². The van der Waals surface area contributed by atoms with Crippen molar-refractivity contribution in [3.05, 3.63) is 35.6 Å². The molecule has 1 aromatic rings. The first-order chi connectivity index (χ1) is 11.5. The number of amides is 1. The van der Waals surface area contributed by atoms with Gasteiger partial charge < -0.3 is 9.64 Å². The number of carbonyl (C=O) groups excluding carboxylic acids is 1. The topological polar surface area (TPSA) is 63.7 Å². The molecular formula is C17H22FNO4S. The summed E-state index contributed by atoms with van der Waals surface area (Å²) in [7, 11) is -3.52. The van der Waals surface area contributed by atoms with Crippen LogP contribution in [0.5, 0.6) is 0 Å². The van der Waals surface area contributed by atoms with Crippen LogP contribution in [0.15, 0.2) is 24.3 Å². The number of halogens is 1. The van der Waals surface area contributed by atoms with Crippen LogP contribution in [0, 0.1) is 5.82 Å². The van der Waals surface area contributed by atoms with Gasteiger partial charge >= 0.3 is 6.09 Å². The van der Waals surface area contributed by atoms with Crippen molar-refractivity contribution in [3.63, 3.8) is 0 Å². The zero-order chi connectivity index (χ0) is 17.2. The van der Waals surface area contributed by atoms with E-state index in [9.17, 15) is 17.6 Å². The van der Waals surface area contributed by atoms with E-state index in [-0.39, 0.29) is 36.9 Å². The Labute approximate surface area is 141 Å². The van der Waals surface area contributed by atoms with Gasteiger partial charge in [0.25, 0.3) is 0 Å². The highest BCUT2D eigenvalue weighted by molar-refractivity contribution is 7.91. The lowest BCUT2D eigenvalue weighted by atomic mass is 10.1. The van der Waals surface area contributed by atoms with Gasteiger partial charge in [0.05, 0.1) is 11.0 Å². The molecule has 1 unspecified atom stereocenters. The summed E-state index contributed by atoms with van der Waals surface area (Å²) in [6.07, 6.45) is 3.53. The van der Waals surface area contributed by atoms with Crippen LogP contribution >= 0.6 is 0 Å². The SMILES string of the molecule is O=C(OC1CCCC1)N1CCC(c2ccccc2F)S(=O)(=O)CC1. The highest BCUT2D eigenvalue weighted by Gasteiger charge is 2.35. The molecule has 0 bridgehead atoms. The third-order valence-electron chi connectivity index (χ3n) is 4.82. The van der Waals surface area contributed by atoms with Crippen LogP contribution in [0.4, 0.5) is 9.18 Å². The third-order valence-corrected chi connectivity index (χ3v) is 6.93. The fraction of sp³-hybridized carbons (Fsp3) is 0.588. The first-order valence-electron chi connectivity index (χ1n) is 8.39. The van der Waals surface area contributed by atoms with Gasteiger partial charge in [-0.15, -0.1) is 0 Å². The van der Waals surface area contributed by atoms with Crippen LogP contribution in [0.2, 0.25) is 0 Å². The Hall–Kier alpha value is -1.63. The summed E-state index contributed by atoms with van der Waals surface area (Å²) in [5.41, 5.74) is 0.184. The van der Waals surface area contributed by atoms with Gasteiger partial charge in [-0.3, -0.25) is 0 Å². The van der Waals surface area contributed by atoms with Crippen molar-refractivity contribution in [1.29, 1.82) is 0 Å². The van der Waals surface area contributed by atoms with Crippen molar-refractivity contribution < 1.29 is 22.3 Å². The second-order valence-corrected chi connectivity index (χ2v) is 8.75. The number of sulfone groups is 1. The van der Waals surface area contributed by atoms with E-state index in [4.69, 9.17) is 4.74 Å². The van der Waals surface area contributed by atoms with Gasteiger partial charge in [-0.05, 0) is 38.2 Å². The Morgan fingerprint density at radius 1 is 1.12 bits per heavy atom. The number of nitrogens with zero attached hydrogens (tertiary/aromatic N) is 1. The summed E-state index contributed by atoms with van der Waals surface area (Å²) >= 11 is 0. The smallest absolute Gasteiger partial charge is 0.410 e. The molecule has 24 heavy (non-hydrogen) atoms. The maximum absolute atomic E-state index is 14.0. The van der Waals surface area contributed by atoms with E-state index in [2.05, 4.69) is 0 Å². The first-order valence-corrected chi connectivity index (χ1v) is 10.1. The average molecular weight is 355 g/mol. The minimum absolute atomic E-state index is 0.0558. The molecule has 7 heteroatoms. The Bertz CT molecular complexity index is 700. The van der Waals surface area contributed by atoms with Crippen LogP contribution in [-0.4, -0.2) is 44.4 Å². The number of hydrogen-bond donors (Lipinski definition) is 0. The van der Waals surface area contributed by atoms with Gasteiger partial charge in [-0.1, -0.05) is 18.2 Å². The molecule has 2 fully saturated rings. The summed E-state index contributed by atoms with van der Waals surface area (Å²) in [4.78, 5) is 13.7. The van der Waals surface area contributed by atoms with E-state index in [0.29, 0.717) is 0 Å². The molecule has 1 aromatic carbocycles. The van der Waals surface area contributed by atoms with Crippen LogP contribution in [0.25, 0.3) is 0 Å². The maximum atomic E-state index is 14.0. The second-order valence-electron chi connectivity index (χ2n) is 6.44. The number of hydrogen-bond acceptors (Lipinski definition) is 4. The van der Waals surface area contributed by atoms with Gasteiger partial charge in [0.2, 0.25) is 0 Å². The Kier molecular flexibility index (Phi) is 5.08. The summed E-state index contributed by atoms with van der Waals surface area (Å²) < 4.78 is 44.5. The molecule has 132 valence electrons. The molecular weight excluding hydrogens is 333 g/mol. The molecule has 0 aromatic heterocycles. The van der Waals surface area contributed by atoms with Crippen molar-refractivity contribution in [2.24, 2.45) is 0 Å². The zero-order valence-corrected chi connectivity index (χ0v) is 14.3. The fourth-order valence-corrected chi connectivity index (χ4v) is 5.24. The zero-order valence-electron chi connectivity index (χ0n) is 13.5. The van der Waals surface area contributed by atoms with Crippen molar-refractivity contribution in [1.82, 2.24) is 4.90 Å². The number of carbonyl (C=O) groups is 1.